The number of Topliss-reactive ketones (excluding diaryl/α,β-unsaturated/α-hetero) is 3. The van der Waals surface area contributed by atoms with Gasteiger partial charge in [-0.05, 0) is 5.92 Å². The zero-order valence-corrected chi connectivity index (χ0v) is 8.55. The first-order valence-corrected chi connectivity index (χ1v) is 4.71. The van der Waals surface area contributed by atoms with Crippen molar-refractivity contribution in [3.63, 3.8) is 0 Å². The smallest absolute Gasteiger partial charge is 0.298 e. The van der Waals surface area contributed by atoms with Gasteiger partial charge in [0.15, 0.2) is 11.6 Å². The summed E-state index contributed by atoms with van der Waals surface area (Å²) in [6.07, 6.45) is 0.0520. The maximum absolute atomic E-state index is 12.7. The quantitative estimate of drug-likeness (QED) is 0.658. The first-order chi connectivity index (χ1) is 6.73. The van der Waals surface area contributed by atoms with E-state index in [0.29, 0.717) is 6.92 Å². The van der Waals surface area contributed by atoms with Crippen LogP contribution in [0.4, 0.5) is 8.78 Å². The molecule has 0 spiro atoms. The predicted molar refractivity (Wildman–Crippen MR) is 47.5 cm³/mol. The standard InChI is InChI=1S/C10H12F2O3/c1-5-3-6(13)8(7(14)4-5)9(15)10(2,11)12/h5,8H,3-4H2,1-2H3. The Bertz CT molecular complexity index is 299. The molecule has 1 fully saturated rings. The van der Waals surface area contributed by atoms with Crippen LogP contribution >= 0.6 is 0 Å². The molecule has 0 aromatic rings. The maximum atomic E-state index is 12.7. The lowest BCUT2D eigenvalue weighted by atomic mass is 9.77. The van der Waals surface area contributed by atoms with E-state index in [2.05, 4.69) is 0 Å². The molecule has 0 aliphatic heterocycles. The lowest BCUT2D eigenvalue weighted by molar-refractivity contribution is -0.154. The number of carbonyl (C=O) groups excluding carboxylic acids is 3. The third kappa shape index (κ3) is 2.46. The van der Waals surface area contributed by atoms with E-state index in [9.17, 15) is 23.2 Å². The Morgan fingerprint density at radius 2 is 1.67 bits per heavy atom. The first-order valence-electron chi connectivity index (χ1n) is 4.71. The van der Waals surface area contributed by atoms with Crippen LogP contribution in [-0.2, 0) is 14.4 Å². The zero-order chi connectivity index (χ0) is 11.8. The minimum absolute atomic E-state index is 0.0260. The van der Waals surface area contributed by atoms with Gasteiger partial charge in [0.05, 0.1) is 0 Å². The van der Waals surface area contributed by atoms with Gasteiger partial charge in [-0.15, -0.1) is 0 Å². The molecule has 0 N–H and O–H groups in total. The molecule has 0 unspecified atom stereocenters. The van der Waals surface area contributed by atoms with Crippen LogP contribution in [0.5, 0.6) is 0 Å². The molecule has 84 valence electrons. The number of halogens is 2. The van der Waals surface area contributed by atoms with Gasteiger partial charge in [0.1, 0.15) is 5.92 Å². The van der Waals surface area contributed by atoms with Crippen molar-refractivity contribution >= 4 is 17.3 Å². The number of carbonyl (C=O) groups is 3. The highest BCUT2D eigenvalue weighted by Gasteiger charge is 2.47. The van der Waals surface area contributed by atoms with Crippen molar-refractivity contribution in [3.8, 4) is 0 Å². The summed E-state index contributed by atoms with van der Waals surface area (Å²) in [4.78, 5) is 33.8. The Labute approximate surface area is 85.8 Å². The molecule has 1 aliphatic carbocycles. The van der Waals surface area contributed by atoms with Crippen LogP contribution in [0, 0.1) is 11.8 Å². The number of ketones is 3. The van der Waals surface area contributed by atoms with Gasteiger partial charge in [-0.3, -0.25) is 14.4 Å². The fourth-order valence-electron chi connectivity index (χ4n) is 1.72. The lowest BCUT2D eigenvalue weighted by Gasteiger charge is -2.24. The molecule has 1 saturated carbocycles. The zero-order valence-electron chi connectivity index (χ0n) is 8.55. The normalized spacial score (nSPS) is 28.0. The molecule has 0 atom stereocenters. The molecule has 0 radical (unpaired) electrons. The highest BCUT2D eigenvalue weighted by molar-refractivity contribution is 6.22. The van der Waals surface area contributed by atoms with E-state index in [1.165, 1.54) is 0 Å². The second-order valence-electron chi connectivity index (χ2n) is 4.13. The molecule has 3 nitrogen and oxygen atoms in total. The van der Waals surface area contributed by atoms with Crippen molar-refractivity contribution in [3.05, 3.63) is 0 Å². The van der Waals surface area contributed by atoms with E-state index in [4.69, 9.17) is 0 Å². The van der Waals surface area contributed by atoms with Crippen LogP contribution in [-0.4, -0.2) is 23.3 Å². The summed E-state index contributed by atoms with van der Waals surface area (Å²) in [5, 5.41) is 0. The topological polar surface area (TPSA) is 51.2 Å². The van der Waals surface area contributed by atoms with E-state index in [0.717, 1.165) is 0 Å². The van der Waals surface area contributed by atoms with Gasteiger partial charge in [-0.2, -0.15) is 8.78 Å². The average molecular weight is 218 g/mol. The van der Waals surface area contributed by atoms with E-state index in [1.807, 2.05) is 0 Å². The molecule has 0 amide bonds. The molecule has 0 aromatic carbocycles. The van der Waals surface area contributed by atoms with Crippen molar-refractivity contribution in [2.45, 2.75) is 32.6 Å². The Morgan fingerprint density at radius 1 is 1.27 bits per heavy atom. The molecule has 0 saturated heterocycles. The molecule has 0 aromatic heterocycles. The van der Waals surface area contributed by atoms with E-state index in [-0.39, 0.29) is 18.8 Å². The van der Waals surface area contributed by atoms with Gasteiger partial charge in [0.2, 0.25) is 5.78 Å². The predicted octanol–water partition coefficient (Wildman–Crippen LogP) is 1.40. The number of rotatable bonds is 2. The number of hydrogen-bond acceptors (Lipinski definition) is 3. The van der Waals surface area contributed by atoms with Gasteiger partial charge in [0, 0.05) is 19.8 Å². The first kappa shape index (κ1) is 11.9. The van der Waals surface area contributed by atoms with Gasteiger partial charge >= 0.3 is 5.92 Å². The van der Waals surface area contributed by atoms with Crippen molar-refractivity contribution in [2.24, 2.45) is 11.8 Å². The van der Waals surface area contributed by atoms with Crippen molar-refractivity contribution < 1.29 is 23.2 Å². The monoisotopic (exact) mass is 218 g/mol. The Kier molecular flexibility index (Phi) is 3.02. The van der Waals surface area contributed by atoms with Crippen molar-refractivity contribution in [1.29, 1.82) is 0 Å². The summed E-state index contributed by atoms with van der Waals surface area (Å²) < 4.78 is 25.4. The molecular weight excluding hydrogens is 206 g/mol. The SMILES string of the molecule is CC1CC(=O)C(C(=O)C(C)(F)F)C(=O)C1. The minimum Gasteiger partial charge on any atom is -0.298 e. The molecule has 5 heteroatoms. The van der Waals surface area contributed by atoms with Crippen LogP contribution < -0.4 is 0 Å². The fourth-order valence-corrected chi connectivity index (χ4v) is 1.72. The molecule has 1 rings (SSSR count). The van der Waals surface area contributed by atoms with Crippen LogP contribution in [0.1, 0.15) is 26.7 Å². The number of alkyl halides is 2. The highest BCUT2D eigenvalue weighted by Crippen LogP contribution is 2.28. The average Bonchev–Trinajstić information content (AvgIpc) is 1.99. The summed E-state index contributed by atoms with van der Waals surface area (Å²) in [5.41, 5.74) is 0. The highest BCUT2D eigenvalue weighted by atomic mass is 19.3. The fraction of sp³-hybridized carbons (Fsp3) is 0.700. The molecule has 15 heavy (non-hydrogen) atoms. The Balaban J connectivity index is 2.91. The second kappa shape index (κ2) is 3.79. The van der Waals surface area contributed by atoms with E-state index >= 15 is 0 Å². The molecular formula is C10H12F2O3. The maximum Gasteiger partial charge on any atom is 0.303 e. The second-order valence-corrected chi connectivity index (χ2v) is 4.13. The van der Waals surface area contributed by atoms with Crippen molar-refractivity contribution in [2.75, 3.05) is 0 Å². The summed E-state index contributed by atoms with van der Waals surface area (Å²) in [5.74, 6) is -8.42. The van der Waals surface area contributed by atoms with E-state index < -0.39 is 29.2 Å². The third-order valence-corrected chi connectivity index (χ3v) is 2.44. The summed E-state index contributed by atoms with van der Waals surface area (Å²) in [7, 11) is 0. The summed E-state index contributed by atoms with van der Waals surface area (Å²) in [6, 6.07) is 0. The third-order valence-electron chi connectivity index (χ3n) is 2.44. The van der Waals surface area contributed by atoms with Gasteiger partial charge < -0.3 is 0 Å². The molecule has 1 aliphatic rings. The molecule has 0 heterocycles. The van der Waals surface area contributed by atoms with E-state index in [1.54, 1.807) is 6.92 Å². The largest absolute Gasteiger partial charge is 0.303 e. The van der Waals surface area contributed by atoms with Crippen LogP contribution in [0.25, 0.3) is 0 Å². The Hall–Kier alpha value is -1.13. The minimum atomic E-state index is -3.61. The number of hydrogen-bond donors (Lipinski definition) is 0. The van der Waals surface area contributed by atoms with Crippen LogP contribution in [0.2, 0.25) is 0 Å². The molecule has 0 bridgehead atoms. The van der Waals surface area contributed by atoms with Crippen LogP contribution in [0.15, 0.2) is 0 Å². The van der Waals surface area contributed by atoms with Crippen molar-refractivity contribution in [1.82, 2.24) is 0 Å². The Morgan fingerprint density at radius 3 is 2.00 bits per heavy atom. The van der Waals surface area contributed by atoms with Gasteiger partial charge in [-0.1, -0.05) is 6.92 Å². The van der Waals surface area contributed by atoms with Crippen LogP contribution in [0.3, 0.4) is 0 Å². The lowest BCUT2D eigenvalue weighted by Crippen LogP contribution is -2.44. The van der Waals surface area contributed by atoms with Gasteiger partial charge in [-0.25, -0.2) is 0 Å². The van der Waals surface area contributed by atoms with Gasteiger partial charge in [0.25, 0.3) is 0 Å². The summed E-state index contributed by atoms with van der Waals surface area (Å²) in [6.45, 7) is 2.09. The summed E-state index contributed by atoms with van der Waals surface area (Å²) >= 11 is 0.